The van der Waals surface area contributed by atoms with Crippen molar-refractivity contribution in [1.29, 1.82) is 0 Å². The van der Waals surface area contributed by atoms with E-state index in [4.69, 9.17) is 9.15 Å². The summed E-state index contributed by atoms with van der Waals surface area (Å²) in [6.07, 6.45) is 2.04. The van der Waals surface area contributed by atoms with Gasteiger partial charge in [-0.25, -0.2) is 0 Å². The van der Waals surface area contributed by atoms with Gasteiger partial charge >= 0.3 is 0 Å². The van der Waals surface area contributed by atoms with Gasteiger partial charge in [-0.15, -0.1) is 12.4 Å². The lowest BCUT2D eigenvalue weighted by Gasteiger charge is -2.31. The molecule has 0 unspecified atom stereocenters. The molecule has 0 aliphatic carbocycles. The molecule has 3 aromatic rings. The van der Waals surface area contributed by atoms with E-state index in [0.29, 0.717) is 23.0 Å². The van der Waals surface area contributed by atoms with Crippen molar-refractivity contribution in [2.24, 2.45) is 5.92 Å². The summed E-state index contributed by atoms with van der Waals surface area (Å²) in [5.74, 6) is 1.74. The van der Waals surface area contributed by atoms with E-state index in [9.17, 15) is 4.79 Å². The number of carbonyl (C=O) groups excluding carboxylic acids is 1. The Kier molecular flexibility index (Phi) is 7.40. The van der Waals surface area contributed by atoms with E-state index in [1.165, 1.54) is 0 Å². The van der Waals surface area contributed by atoms with E-state index in [2.05, 4.69) is 12.2 Å². The summed E-state index contributed by atoms with van der Waals surface area (Å²) in [5, 5.41) is 4.35. The fourth-order valence-electron chi connectivity index (χ4n) is 4.08. The zero-order chi connectivity index (χ0) is 20.2. The number of hydrogen-bond donors (Lipinski definition) is 1. The molecular weight excluding hydrogens is 400 g/mol. The molecule has 1 N–H and O–H groups in total. The molecule has 2 aromatic carbocycles. The van der Waals surface area contributed by atoms with Crippen LogP contribution in [0.25, 0.3) is 22.1 Å². The van der Waals surface area contributed by atoms with Crippen LogP contribution in [-0.4, -0.2) is 44.1 Å². The molecule has 0 saturated carbocycles. The van der Waals surface area contributed by atoms with Crippen LogP contribution in [0, 0.1) is 5.92 Å². The second-order valence-corrected chi connectivity index (χ2v) is 7.58. The number of likely N-dealkylation sites (tertiary alicyclic amines) is 1. The molecule has 6 heteroatoms. The first-order valence-corrected chi connectivity index (χ1v) is 10.4. The number of furan rings is 1. The maximum absolute atomic E-state index is 13.4. The van der Waals surface area contributed by atoms with E-state index < -0.39 is 0 Å². The quantitative estimate of drug-likeness (QED) is 0.600. The highest BCUT2D eigenvalue weighted by Gasteiger charge is 2.29. The van der Waals surface area contributed by atoms with Crippen LogP contribution in [0.5, 0.6) is 5.75 Å². The largest absolute Gasteiger partial charge is 0.497 e. The Morgan fingerprint density at radius 1 is 1.17 bits per heavy atom. The Bertz CT molecular complexity index is 979. The lowest BCUT2D eigenvalue weighted by molar-refractivity contribution is 0.0661. The fraction of sp³-hybridized carbons (Fsp3) is 0.375. The molecule has 1 fully saturated rings. The van der Waals surface area contributed by atoms with Crippen LogP contribution in [0.15, 0.2) is 52.9 Å². The standard InChI is InChI=1S/C24H28N2O3.ClH/c1-3-25-16-17-11-13-26(14-12-17)24(27)23-22(18-7-5-4-6-8-18)20-10-9-19(28-2)15-21(20)29-23;/h4-10,15,17,25H,3,11-14,16H2,1-2H3;1H. The molecule has 1 saturated heterocycles. The van der Waals surface area contributed by atoms with Gasteiger partial charge in [0.25, 0.3) is 5.91 Å². The minimum Gasteiger partial charge on any atom is -0.497 e. The smallest absolute Gasteiger partial charge is 0.290 e. The topological polar surface area (TPSA) is 54.7 Å². The van der Waals surface area contributed by atoms with Gasteiger partial charge in [0.1, 0.15) is 11.3 Å². The average Bonchev–Trinajstić information content (AvgIpc) is 3.16. The Labute approximate surface area is 183 Å². The summed E-state index contributed by atoms with van der Waals surface area (Å²) in [6.45, 7) is 5.67. The van der Waals surface area contributed by atoms with Gasteiger partial charge in [0.2, 0.25) is 5.76 Å². The van der Waals surface area contributed by atoms with Gasteiger partial charge in [0.15, 0.2) is 0 Å². The molecule has 2 heterocycles. The Morgan fingerprint density at radius 3 is 2.57 bits per heavy atom. The first-order valence-electron chi connectivity index (χ1n) is 10.4. The van der Waals surface area contributed by atoms with Crippen LogP contribution >= 0.6 is 12.4 Å². The van der Waals surface area contributed by atoms with Crippen molar-refractivity contribution in [1.82, 2.24) is 10.2 Å². The van der Waals surface area contributed by atoms with E-state index in [1.807, 2.05) is 53.4 Å². The number of nitrogens with one attached hydrogen (secondary N) is 1. The number of carbonyl (C=O) groups is 1. The number of halogens is 1. The number of fused-ring (bicyclic) bond motifs is 1. The van der Waals surface area contributed by atoms with Crippen molar-refractivity contribution >= 4 is 29.3 Å². The lowest BCUT2D eigenvalue weighted by Crippen LogP contribution is -2.40. The third-order valence-electron chi connectivity index (χ3n) is 5.74. The first-order chi connectivity index (χ1) is 14.2. The normalized spacial score (nSPS) is 14.5. The number of amides is 1. The minimum atomic E-state index is -0.0269. The van der Waals surface area contributed by atoms with E-state index in [1.54, 1.807) is 7.11 Å². The molecule has 1 amide bonds. The highest BCUT2D eigenvalue weighted by Crippen LogP contribution is 2.37. The second-order valence-electron chi connectivity index (χ2n) is 7.58. The van der Waals surface area contributed by atoms with Crippen molar-refractivity contribution in [2.75, 3.05) is 33.3 Å². The fourth-order valence-corrected chi connectivity index (χ4v) is 4.08. The van der Waals surface area contributed by atoms with Gasteiger partial charge in [0, 0.05) is 30.1 Å². The molecule has 0 bridgehead atoms. The summed E-state index contributed by atoms with van der Waals surface area (Å²) in [4.78, 5) is 15.4. The Morgan fingerprint density at radius 2 is 1.90 bits per heavy atom. The molecule has 160 valence electrons. The monoisotopic (exact) mass is 428 g/mol. The highest BCUT2D eigenvalue weighted by atomic mass is 35.5. The summed E-state index contributed by atoms with van der Waals surface area (Å²) in [7, 11) is 1.63. The number of piperidine rings is 1. The van der Waals surface area contributed by atoms with Crippen LogP contribution in [-0.2, 0) is 0 Å². The highest BCUT2D eigenvalue weighted by molar-refractivity contribution is 6.08. The number of rotatable bonds is 6. The molecule has 4 rings (SSSR count). The first kappa shape index (κ1) is 22.2. The second kappa shape index (κ2) is 10.0. The molecule has 0 spiro atoms. The van der Waals surface area contributed by atoms with Crippen LogP contribution in [0.4, 0.5) is 0 Å². The van der Waals surface area contributed by atoms with E-state index in [0.717, 1.165) is 55.5 Å². The van der Waals surface area contributed by atoms with Gasteiger partial charge in [-0.2, -0.15) is 0 Å². The predicted octanol–water partition coefficient (Wildman–Crippen LogP) is 4.99. The molecular formula is C24H29ClN2O3. The van der Waals surface area contributed by atoms with Gasteiger partial charge in [0.05, 0.1) is 7.11 Å². The maximum atomic E-state index is 13.4. The number of benzene rings is 2. The van der Waals surface area contributed by atoms with Gasteiger partial charge < -0.3 is 19.4 Å². The molecule has 1 aliphatic heterocycles. The van der Waals surface area contributed by atoms with Crippen molar-refractivity contribution in [3.63, 3.8) is 0 Å². The maximum Gasteiger partial charge on any atom is 0.290 e. The molecule has 0 atom stereocenters. The average molecular weight is 429 g/mol. The molecule has 1 aromatic heterocycles. The van der Waals surface area contributed by atoms with Gasteiger partial charge in [-0.1, -0.05) is 37.3 Å². The molecule has 0 radical (unpaired) electrons. The van der Waals surface area contributed by atoms with Crippen molar-refractivity contribution < 1.29 is 13.9 Å². The molecule has 1 aliphatic rings. The minimum absolute atomic E-state index is 0. The van der Waals surface area contributed by atoms with Crippen LogP contribution in [0.2, 0.25) is 0 Å². The molecule has 5 nitrogen and oxygen atoms in total. The molecule has 30 heavy (non-hydrogen) atoms. The zero-order valence-electron chi connectivity index (χ0n) is 17.5. The van der Waals surface area contributed by atoms with Gasteiger partial charge in [-0.3, -0.25) is 4.79 Å². The Balaban J connectivity index is 0.00000256. The third kappa shape index (κ3) is 4.47. The van der Waals surface area contributed by atoms with Crippen molar-refractivity contribution in [2.45, 2.75) is 19.8 Å². The van der Waals surface area contributed by atoms with Crippen LogP contribution in [0.3, 0.4) is 0 Å². The van der Waals surface area contributed by atoms with E-state index >= 15 is 0 Å². The lowest BCUT2D eigenvalue weighted by atomic mass is 9.96. The van der Waals surface area contributed by atoms with Crippen LogP contribution < -0.4 is 10.1 Å². The number of nitrogens with zero attached hydrogens (tertiary/aromatic N) is 1. The number of methoxy groups -OCH3 is 1. The van der Waals surface area contributed by atoms with Crippen molar-refractivity contribution in [3.05, 3.63) is 54.3 Å². The van der Waals surface area contributed by atoms with Crippen LogP contribution in [0.1, 0.15) is 30.3 Å². The van der Waals surface area contributed by atoms with Crippen molar-refractivity contribution in [3.8, 4) is 16.9 Å². The van der Waals surface area contributed by atoms with E-state index in [-0.39, 0.29) is 18.3 Å². The number of ether oxygens (including phenoxy) is 1. The SMILES string of the molecule is CCNCC1CCN(C(=O)c2oc3cc(OC)ccc3c2-c2ccccc2)CC1.Cl. The van der Waals surface area contributed by atoms with Gasteiger partial charge in [-0.05, 0) is 49.5 Å². The zero-order valence-corrected chi connectivity index (χ0v) is 18.3. The summed E-state index contributed by atoms with van der Waals surface area (Å²) < 4.78 is 11.5. The summed E-state index contributed by atoms with van der Waals surface area (Å²) in [5.41, 5.74) is 2.53. The third-order valence-corrected chi connectivity index (χ3v) is 5.74. The predicted molar refractivity (Wildman–Crippen MR) is 123 cm³/mol. The summed E-state index contributed by atoms with van der Waals surface area (Å²) >= 11 is 0. The Hall–Kier alpha value is -2.50. The summed E-state index contributed by atoms with van der Waals surface area (Å²) in [6, 6.07) is 15.7. The number of hydrogen-bond acceptors (Lipinski definition) is 4.